The zero-order valence-electron chi connectivity index (χ0n) is 10.7. The van der Waals surface area contributed by atoms with Gasteiger partial charge < -0.3 is 15.0 Å². The summed E-state index contributed by atoms with van der Waals surface area (Å²) >= 11 is 1.74. The van der Waals surface area contributed by atoms with Crippen LogP contribution in [-0.4, -0.2) is 50.2 Å². The number of rotatable bonds is 5. The van der Waals surface area contributed by atoms with Gasteiger partial charge in [-0.25, -0.2) is 0 Å². The van der Waals surface area contributed by atoms with E-state index >= 15 is 0 Å². The number of hydrogen-bond donors (Lipinski definition) is 1. The number of nitrogens with one attached hydrogen (secondary N) is 1. The van der Waals surface area contributed by atoms with Crippen LogP contribution >= 0.6 is 11.3 Å². The lowest BCUT2D eigenvalue weighted by Gasteiger charge is -2.25. The SMILES string of the molecule is CN(CCc1cccs1)C(=O)CC1CNCCO1. The van der Waals surface area contributed by atoms with E-state index in [-0.39, 0.29) is 12.0 Å². The van der Waals surface area contributed by atoms with Crippen LogP contribution in [0.25, 0.3) is 0 Å². The van der Waals surface area contributed by atoms with E-state index in [4.69, 9.17) is 4.74 Å². The summed E-state index contributed by atoms with van der Waals surface area (Å²) in [6, 6.07) is 4.15. The molecule has 1 aliphatic rings. The third-order valence-electron chi connectivity index (χ3n) is 3.11. The van der Waals surface area contributed by atoms with Crippen LogP contribution in [0.1, 0.15) is 11.3 Å². The van der Waals surface area contributed by atoms with E-state index in [2.05, 4.69) is 16.8 Å². The van der Waals surface area contributed by atoms with Gasteiger partial charge in [-0.15, -0.1) is 11.3 Å². The smallest absolute Gasteiger partial charge is 0.224 e. The molecule has 0 saturated carbocycles. The van der Waals surface area contributed by atoms with Gasteiger partial charge in [0.25, 0.3) is 0 Å². The second-order valence-corrected chi connectivity index (χ2v) is 5.58. The maximum absolute atomic E-state index is 12.0. The molecule has 1 saturated heterocycles. The van der Waals surface area contributed by atoms with Crippen molar-refractivity contribution in [2.75, 3.05) is 33.3 Å². The molecule has 1 aliphatic heterocycles. The van der Waals surface area contributed by atoms with Gasteiger partial charge in [-0.2, -0.15) is 0 Å². The summed E-state index contributed by atoms with van der Waals surface area (Å²) in [6.45, 7) is 3.15. The van der Waals surface area contributed by atoms with Crippen molar-refractivity contribution >= 4 is 17.2 Å². The first-order valence-corrected chi connectivity index (χ1v) is 7.22. The van der Waals surface area contributed by atoms with Crippen molar-refractivity contribution in [3.05, 3.63) is 22.4 Å². The summed E-state index contributed by atoms with van der Waals surface area (Å²) in [5.41, 5.74) is 0. The van der Waals surface area contributed by atoms with Crippen LogP contribution < -0.4 is 5.32 Å². The highest BCUT2D eigenvalue weighted by atomic mass is 32.1. The van der Waals surface area contributed by atoms with Gasteiger partial charge in [0, 0.05) is 31.6 Å². The largest absolute Gasteiger partial charge is 0.375 e. The van der Waals surface area contributed by atoms with E-state index in [9.17, 15) is 4.79 Å². The molecule has 0 aliphatic carbocycles. The molecule has 1 fully saturated rings. The molecule has 1 amide bonds. The zero-order chi connectivity index (χ0) is 12.8. The number of carbonyl (C=O) groups is 1. The van der Waals surface area contributed by atoms with Crippen molar-refractivity contribution in [2.45, 2.75) is 18.9 Å². The summed E-state index contributed by atoms with van der Waals surface area (Å²) in [4.78, 5) is 15.1. The Morgan fingerprint density at radius 1 is 1.67 bits per heavy atom. The Morgan fingerprint density at radius 3 is 3.22 bits per heavy atom. The van der Waals surface area contributed by atoms with Gasteiger partial charge in [0.15, 0.2) is 0 Å². The van der Waals surface area contributed by atoms with Crippen molar-refractivity contribution in [1.29, 1.82) is 0 Å². The number of amides is 1. The molecule has 2 rings (SSSR count). The topological polar surface area (TPSA) is 41.6 Å². The van der Waals surface area contributed by atoms with Crippen molar-refractivity contribution in [3.8, 4) is 0 Å². The van der Waals surface area contributed by atoms with Crippen molar-refractivity contribution in [3.63, 3.8) is 0 Å². The van der Waals surface area contributed by atoms with Crippen LogP contribution in [0.2, 0.25) is 0 Å². The van der Waals surface area contributed by atoms with Crippen LogP contribution in [0.3, 0.4) is 0 Å². The van der Waals surface area contributed by atoms with E-state index in [1.165, 1.54) is 4.88 Å². The van der Waals surface area contributed by atoms with Gasteiger partial charge in [-0.05, 0) is 17.9 Å². The monoisotopic (exact) mass is 268 g/mol. The van der Waals surface area contributed by atoms with E-state index in [0.717, 1.165) is 26.1 Å². The summed E-state index contributed by atoms with van der Waals surface area (Å²) in [5.74, 6) is 0.167. The van der Waals surface area contributed by atoms with Crippen LogP contribution in [0.4, 0.5) is 0 Å². The predicted octanol–water partition coefficient (Wildman–Crippen LogP) is 1.13. The Balaban J connectivity index is 1.70. The summed E-state index contributed by atoms with van der Waals surface area (Å²) in [5, 5.41) is 5.31. The second kappa shape index (κ2) is 6.87. The number of morpholine rings is 1. The van der Waals surface area contributed by atoms with Crippen molar-refractivity contribution < 1.29 is 9.53 Å². The standard InChI is InChI=1S/C13H20N2O2S/c1-15(6-4-12-3-2-8-18-12)13(16)9-11-10-14-5-7-17-11/h2-3,8,11,14H,4-7,9-10H2,1H3. The number of carbonyl (C=O) groups excluding carboxylic acids is 1. The first-order valence-electron chi connectivity index (χ1n) is 6.34. The van der Waals surface area contributed by atoms with Crippen molar-refractivity contribution in [2.24, 2.45) is 0 Å². The number of hydrogen-bond acceptors (Lipinski definition) is 4. The van der Waals surface area contributed by atoms with Crippen LogP contribution in [0, 0.1) is 0 Å². The Kier molecular flexibility index (Phi) is 5.16. The fraction of sp³-hybridized carbons (Fsp3) is 0.615. The van der Waals surface area contributed by atoms with E-state index in [1.807, 2.05) is 13.1 Å². The fourth-order valence-electron chi connectivity index (χ4n) is 1.96. The molecule has 1 unspecified atom stereocenters. The molecular weight excluding hydrogens is 248 g/mol. The quantitative estimate of drug-likeness (QED) is 0.870. The second-order valence-electron chi connectivity index (χ2n) is 4.55. The number of nitrogens with zero attached hydrogens (tertiary/aromatic N) is 1. The molecule has 2 heterocycles. The minimum atomic E-state index is 0.0374. The third kappa shape index (κ3) is 4.08. The van der Waals surface area contributed by atoms with E-state index in [0.29, 0.717) is 13.0 Å². The Bertz CT molecular complexity index is 361. The molecular formula is C13H20N2O2S. The van der Waals surface area contributed by atoms with Gasteiger partial charge in [0.05, 0.1) is 19.1 Å². The van der Waals surface area contributed by atoms with Gasteiger partial charge in [0.1, 0.15) is 0 Å². The maximum Gasteiger partial charge on any atom is 0.224 e. The lowest BCUT2D eigenvalue weighted by atomic mass is 10.2. The van der Waals surface area contributed by atoms with E-state index in [1.54, 1.807) is 16.2 Å². The molecule has 4 nitrogen and oxygen atoms in total. The Morgan fingerprint density at radius 2 is 2.56 bits per heavy atom. The normalized spacial score (nSPS) is 19.7. The molecule has 1 aromatic rings. The highest BCUT2D eigenvalue weighted by molar-refractivity contribution is 7.09. The minimum Gasteiger partial charge on any atom is -0.375 e. The van der Waals surface area contributed by atoms with Crippen LogP contribution in [0.5, 0.6) is 0 Å². The summed E-state index contributed by atoms with van der Waals surface area (Å²) in [6.07, 6.45) is 1.45. The fourth-order valence-corrected chi connectivity index (χ4v) is 2.66. The van der Waals surface area contributed by atoms with Crippen LogP contribution in [0.15, 0.2) is 17.5 Å². The highest BCUT2D eigenvalue weighted by Gasteiger charge is 2.19. The number of ether oxygens (including phenoxy) is 1. The molecule has 1 aromatic heterocycles. The molecule has 1 N–H and O–H groups in total. The number of thiophene rings is 1. The summed E-state index contributed by atoms with van der Waals surface area (Å²) < 4.78 is 5.54. The van der Waals surface area contributed by atoms with Gasteiger partial charge in [0.2, 0.25) is 5.91 Å². The first-order chi connectivity index (χ1) is 8.75. The van der Waals surface area contributed by atoms with Gasteiger partial charge in [-0.1, -0.05) is 6.07 Å². The lowest BCUT2D eigenvalue weighted by Crippen LogP contribution is -2.42. The molecule has 0 bridgehead atoms. The minimum absolute atomic E-state index is 0.0374. The van der Waals surface area contributed by atoms with Gasteiger partial charge in [-0.3, -0.25) is 4.79 Å². The predicted molar refractivity (Wildman–Crippen MR) is 72.9 cm³/mol. The molecule has 100 valence electrons. The Hall–Kier alpha value is -0.910. The van der Waals surface area contributed by atoms with Crippen LogP contribution in [-0.2, 0) is 16.0 Å². The average molecular weight is 268 g/mol. The molecule has 5 heteroatoms. The average Bonchev–Trinajstić information content (AvgIpc) is 2.90. The maximum atomic E-state index is 12.0. The number of likely N-dealkylation sites (N-methyl/N-ethyl adjacent to an activating group) is 1. The lowest BCUT2D eigenvalue weighted by molar-refractivity contribution is -0.133. The molecule has 0 aromatic carbocycles. The van der Waals surface area contributed by atoms with Gasteiger partial charge >= 0.3 is 0 Å². The molecule has 0 spiro atoms. The zero-order valence-corrected chi connectivity index (χ0v) is 11.5. The first kappa shape index (κ1) is 13.5. The summed E-state index contributed by atoms with van der Waals surface area (Å²) in [7, 11) is 1.87. The highest BCUT2D eigenvalue weighted by Crippen LogP contribution is 2.10. The Labute approximate surface area is 112 Å². The molecule has 0 radical (unpaired) electrons. The molecule has 1 atom stereocenters. The van der Waals surface area contributed by atoms with Crippen molar-refractivity contribution in [1.82, 2.24) is 10.2 Å². The van der Waals surface area contributed by atoms with E-state index < -0.39 is 0 Å². The molecule has 18 heavy (non-hydrogen) atoms. The third-order valence-corrected chi connectivity index (χ3v) is 4.04.